The molecule has 0 aromatic rings. The van der Waals surface area contributed by atoms with Gasteiger partial charge in [-0.25, -0.2) is 9.59 Å². The molecule has 2 fully saturated rings. The molecule has 1 aliphatic heterocycles. The fourth-order valence-electron chi connectivity index (χ4n) is 4.40. The minimum atomic E-state index is -1.01. The predicted octanol–water partition coefficient (Wildman–Crippen LogP) is 3.04. The van der Waals surface area contributed by atoms with Gasteiger partial charge in [0.2, 0.25) is 5.91 Å². The van der Waals surface area contributed by atoms with E-state index in [1.165, 1.54) is 9.80 Å². The fraction of sp³-hybridized carbons (Fsp3) is 0.857. The zero-order valence-electron chi connectivity index (χ0n) is 18.5. The number of likely N-dealkylation sites (tertiary alicyclic amines) is 1. The Morgan fingerprint density at radius 2 is 1.57 bits per heavy atom. The summed E-state index contributed by atoms with van der Waals surface area (Å²) < 4.78 is 0. The zero-order valence-corrected chi connectivity index (χ0v) is 18.5. The molecule has 0 spiro atoms. The van der Waals surface area contributed by atoms with Crippen LogP contribution in [0.3, 0.4) is 0 Å². The molecule has 0 radical (unpaired) electrons. The van der Waals surface area contributed by atoms with Crippen molar-refractivity contribution >= 4 is 17.9 Å². The summed E-state index contributed by atoms with van der Waals surface area (Å²) in [5.41, 5.74) is -0.274. The van der Waals surface area contributed by atoms with Crippen molar-refractivity contribution < 1.29 is 19.5 Å². The Kier molecular flexibility index (Phi) is 6.36. The summed E-state index contributed by atoms with van der Waals surface area (Å²) in [4.78, 5) is 42.5. The van der Waals surface area contributed by atoms with Crippen molar-refractivity contribution in [1.29, 1.82) is 0 Å². The Hall–Kier alpha value is -1.79. The first kappa shape index (κ1) is 22.5. The number of carbonyl (C=O) groups excluding carboxylic acids is 2. The summed E-state index contributed by atoms with van der Waals surface area (Å²) >= 11 is 0. The van der Waals surface area contributed by atoms with E-state index < -0.39 is 17.4 Å². The van der Waals surface area contributed by atoms with Crippen molar-refractivity contribution in [1.82, 2.24) is 14.7 Å². The van der Waals surface area contributed by atoms with Crippen molar-refractivity contribution in [3.05, 3.63) is 0 Å². The maximum absolute atomic E-state index is 13.4. The summed E-state index contributed by atoms with van der Waals surface area (Å²) in [5, 5.41) is 9.68. The SMILES string of the molecule is CN(C)C(=O)N1C[C@@H](N(C(=O)C(C)(C)C)C2CCC(C)(C)CC2)C[C@H]1C(=O)O. The van der Waals surface area contributed by atoms with Gasteiger partial charge in [0, 0.05) is 38.5 Å². The van der Waals surface area contributed by atoms with E-state index in [-0.39, 0.29) is 42.4 Å². The molecule has 1 saturated heterocycles. The number of hydrogen-bond acceptors (Lipinski definition) is 3. The summed E-state index contributed by atoms with van der Waals surface area (Å²) in [6, 6.07) is -1.37. The predicted molar refractivity (Wildman–Crippen MR) is 108 cm³/mol. The molecule has 0 bridgehead atoms. The number of nitrogens with zero attached hydrogens (tertiary/aromatic N) is 3. The molecule has 0 aromatic carbocycles. The maximum Gasteiger partial charge on any atom is 0.326 e. The zero-order chi connectivity index (χ0) is 21.4. The third-order valence-corrected chi connectivity index (χ3v) is 6.16. The normalized spacial score (nSPS) is 25.5. The van der Waals surface area contributed by atoms with Gasteiger partial charge in [0.25, 0.3) is 0 Å². The average Bonchev–Trinajstić information content (AvgIpc) is 2.99. The van der Waals surface area contributed by atoms with E-state index in [2.05, 4.69) is 13.8 Å². The van der Waals surface area contributed by atoms with Crippen molar-refractivity contribution in [2.45, 2.75) is 84.8 Å². The first-order valence-corrected chi connectivity index (χ1v) is 10.3. The van der Waals surface area contributed by atoms with Gasteiger partial charge in [0.05, 0.1) is 6.04 Å². The minimum Gasteiger partial charge on any atom is -0.480 e. The van der Waals surface area contributed by atoms with E-state index in [4.69, 9.17) is 0 Å². The Balaban J connectivity index is 2.31. The lowest BCUT2D eigenvalue weighted by Gasteiger charge is -2.45. The van der Waals surface area contributed by atoms with Gasteiger partial charge >= 0.3 is 12.0 Å². The van der Waals surface area contributed by atoms with Crippen molar-refractivity contribution in [3.63, 3.8) is 0 Å². The molecular weight excluding hydrogens is 358 g/mol. The first-order chi connectivity index (χ1) is 12.7. The topological polar surface area (TPSA) is 81.2 Å². The quantitative estimate of drug-likeness (QED) is 0.796. The molecule has 1 aliphatic carbocycles. The van der Waals surface area contributed by atoms with Crippen LogP contribution >= 0.6 is 0 Å². The van der Waals surface area contributed by atoms with Crippen LogP contribution in [-0.4, -0.2) is 76.5 Å². The van der Waals surface area contributed by atoms with Crippen LogP contribution in [0.4, 0.5) is 4.79 Å². The van der Waals surface area contributed by atoms with Gasteiger partial charge in [0.15, 0.2) is 0 Å². The van der Waals surface area contributed by atoms with E-state index in [1.54, 1.807) is 14.1 Å². The number of carbonyl (C=O) groups is 3. The van der Waals surface area contributed by atoms with Crippen molar-refractivity contribution in [2.75, 3.05) is 20.6 Å². The lowest BCUT2D eigenvalue weighted by Crippen LogP contribution is -2.54. The third kappa shape index (κ3) is 4.78. The summed E-state index contributed by atoms with van der Waals surface area (Å²) in [7, 11) is 3.24. The standard InChI is InChI=1S/C21H37N3O4/c1-20(2,3)18(27)24(14-8-10-21(4,5)11-9-14)15-12-16(17(25)26)23(13-15)19(28)22(6)7/h14-16H,8-13H2,1-7H3,(H,25,26)/t15-,16-/m0/s1. The summed E-state index contributed by atoms with van der Waals surface area (Å²) in [5.74, 6) is -0.962. The second kappa shape index (κ2) is 7.91. The van der Waals surface area contributed by atoms with E-state index in [9.17, 15) is 19.5 Å². The smallest absolute Gasteiger partial charge is 0.326 e. The van der Waals surface area contributed by atoms with Gasteiger partial charge in [-0.05, 0) is 31.1 Å². The molecule has 3 amide bonds. The largest absolute Gasteiger partial charge is 0.480 e. The van der Waals surface area contributed by atoms with E-state index in [0.29, 0.717) is 0 Å². The van der Waals surface area contributed by atoms with Crippen LogP contribution in [0.25, 0.3) is 0 Å². The average molecular weight is 396 g/mol. The summed E-state index contributed by atoms with van der Waals surface area (Å²) in [6.07, 6.45) is 4.22. The highest BCUT2D eigenvalue weighted by Gasteiger charge is 2.47. The van der Waals surface area contributed by atoms with Crippen LogP contribution in [0.5, 0.6) is 0 Å². The first-order valence-electron chi connectivity index (χ1n) is 10.3. The fourth-order valence-corrected chi connectivity index (χ4v) is 4.40. The molecule has 7 nitrogen and oxygen atoms in total. The highest BCUT2D eigenvalue weighted by molar-refractivity contribution is 5.85. The number of aliphatic carboxylic acids is 1. The number of amides is 3. The van der Waals surface area contributed by atoms with E-state index >= 15 is 0 Å². The molecule has 0 aromatic heterocycles. The van der Waals surface area contributed by atoms with Gasteiger partial charge < -0.3 is 19.8 Å². The lowest BCUT2D eigenvalue weighted by atomic mass is 9.74. The minimum absolute atomic E-state index is 0.0468. The summed E-state index contributed by atoms with van der Waals surface area (Å²) in [6.45, 7) is 10.5. The molecule has 0 unspecified atom stereocenters. The number of rotatable bonds is 3. The van der Waals surface area contributed by atoms with Crippen molar-refractivity contribution in [3.8, 4) is 0 Å². The van der Waals surface area contributed by atoms with E-state index in [0.717, 1.165) is 25.7 Å². The molecule has 2 atom stereocenters. The Bertz CT molecular complexity index is 614. The molecule has 1 heterocycles. The van der Waals surface area contributed by atoms with Crippen LogP contribution in [0.15, 0.2) is 0 Å². The molecule has 160 valence electrons. The molecule has 1 N–H and O–H groups in total. The lowest BCUT2D eigenvalue weighted by molar-refractivity contribution is -0.146. The highest BCUT2D eigenvalue weighted by atomic mass is 16.4. The van der Waals surface area contributed by atoms with Crippen molar-refractivity contribution in [2.24, 2.45) is 10.8 Å². The second-order valence-corrected chi connectivity index (χ2v) is 10.4. The number of urea groups is 1. The van der Waals surface area contributed by atoms with Gasteiger partial charge in [-0.1, -0.05) is 34.6 Å². The van der Waals surface area contributed by atoms with Gasteiger partial charge in [-0.2, -0.15) is 0 Å². The Morgan fingerprint density at radius 3 is 2.00 bits per heavy atom. The monoisotopic (exact) mass is 395 g/mol. The number of carboxylic acid groups (broad SMARTS) is 1. The van der Waals surface area contributed by atoms with Crippen LogP contribution in [-0.2, 0) is 9.59 Å². The number of hydrogen-bond donors (Lipinski definition) is 1. The maximum atomic E-state index is 13.4. The molecule has 2 rings (SSSR count). The molecule has 2 aliphatic rings. The van der Waals surface area contributed by atoms with Crippen LogP contribution < -0.4 is 0 Å². The molecular formula is C21H37N3O4. The van der Waals surface area contributed by atoms with Gasteiger partial charge in [-0.3, -0.25) is 4.79 Å². The van der Waals surface area contributed by atoms with Crippen LogP contribution in [0, 0.1) is 10.8 Å². The highest BCUT2D eigenvalue weighted by Crippen LogP contribution is 2.40. The van der Waals surface area contributed by atoms with Crippen LogP contribution in [0.1, 0.15) is 66.7 Å². The Labute approximate surface area is 169 Å². The van der Waals surface area contributed by atoms with Gasteiger partial charge in [0.1, 0.15) is 6.04 Å². The third-order valence-electron chi connectivity index (χ3n) is 6.16. The Morgan fingerprint density at radius 1 is 1.04 bits per heavy atom. The molecule has 7 heteroatoms. The van der Waals surface area contributed by atoms with Crippen LogP contribution in [0.2, 0.25) is 0 Å². The molecule has 1 saturated carbocycles. The number of carboxylic acids is 1. The van der Waals surface area contributed by atoms with E-state index in [1.807, 2.05) is 25.7 Å². The molecule has 28 heavy (non-hydrogen) atoms. The van der Waals surface area contributed by atoms with Gasteiger partial charge in [-0.15, -0.1) is 0 Å². The second-order valence-electron chi connectivity index (χ2n) is 10.4.